The number of halogens is 1. The van der Waals surface area contributed by atoms with Crippen LogP contribution in [0.15, 0.2) is 41.3 Å². The summed E-state index contributed by atoms with van der Waals surface area (Å²) in [5.74, 6) is -0.307. The molecule has 1 atom stereocenters. The van der Waals surface area contributed by atoms with Crippen molar-refractivity contribution in [2.45, 2.75) is 11.0 Å². The Balaban J connectivity index is 2.03. The number of carbonyl (C=O) groups excluding carboxylic acids is 1. The summed E-state index contributed by atoms with van der Waals surface area (Å²) in [7, 11) is 0.961. The molecule has 0 spiro atoms. The van der Waals surface area contributed by atoms with Gasteiger partial charge in [-0.2, -0.15) is 0 Å². The molecule has 0 saturated heterocycles. The molecule has 9 heteroatoms. The number of nitrogens with one attached hydrogen (secondary N) is 1. The summed E-state index contributed by atoms with van der Waals surface area (Å²) >= 11 is 7.31. The molecular weight excluding hydrogens is 384 g/mol. The number of carbonyl (C=O) groups is 1. The minimum Gasteiger partial charge on any atom is -0.374 e. The molecule has 0 bridgehead atoms. The highest BCUT2D eigenvalue weighted by molar-refractivity contribution is 7.89. The highest BCUT2D eigenvalue weighted by atomic mass is 35.5. The van der Waals surface area contributed by atoms with Gasteiger partial charge < -0.3 is 10.1 Å². The second-order valence-electron chi connectivity index (χ2n) is 5.39. The zero-order chi connectivity index (χ0) is 18.6. The van der Waals surface area contributed by atoms with Gasteiger partial charge in [0.2, 0.25) is 10.0 Å². The van der Waals surface area contributed by atoms with E-state index < -0.39 is 10.0 Å². The standard InChI is InChI=1S/C16H19ClN2O4S2/c1-19(2)25(21,22)12-6-4-11(5-7-12)16(20)18-10-13(23-3)14-8-9-15(17)24-14/h4-9,13H,10H2,1-3H3,(H,18,20)/t13-/m1/s1. The van der Waals surface area contributed by atoms with E-state index >= 15 is 0 Å². The Hall–Kier alpha value is -1.45. The number of rotatable bonds is 7. The third kappa shape index (κ3) is 4.80. The number of hydrogen-bond donors (Lipinski definition) is 1. The Morgan fingerprint density at radius 3 is 2.36 bits per heavy atom. The largest absolute Gasteiger partial charge is 0.374 e. The van der Waals surface area contributed by atoms with Crippen molar-refractivity contribution in [2.24, 2.45) is 0 Å². The first-order chi connectivity index (χ1) is 11.8. The lowest BCUT2D eigenvalue weighted by Crippen LogP contribution is -2.29. The molecule has 2 rings (SSSR count). The van der Waals surface area contributed by atoms with Crippen molar-refractivity contribution in [3.05, 3.63) is 51.2 Å². The van der Waals surface area contributed by atoms with Crippen molar-refractivity contribution in [3.63, 3.8) is 0 Å². The SMILES string of the molecule is CO[C@H](CNC(=O)c1ccc(S(=O)(=O)N(C)C)cc1)c1ccc(Cl)s1. The maximum absolute atomic E-state index is 12.2. The predicted molar refractivity (Wildman–Crippen MR) is 98.7 cm³/mol. The van der Waals surface area contributed by atoms with Crippen molar-refractivity contribution in [1.29, 1.82) is 0 Å². The molecule has 0 aliphatic heterocycles. The molecule has 1 aromatic carbocycles. The maximum Gasteiger partial charge on any atom is 0.251 e. The van der Waals surface area contributed by atoms with E-state index in [9.17, 15) is 13.2 Å². The number of amides is 1. The Morgan fingerprint density at radius 1 is 1.24 bits per heavy atom. The maximum atomic E-state index is 12.2. The Morgan fingerprint density at radius 2 is 1.88 bits per heavy atom. The van der Waals surface area contributed by atoms with Gasteiger partial charge in [-0.05, 0) is 36.4 Å². The first-order valence-electron chi connectivity index (χ1n) is 7.34. The molecule has 1 amide bonds. The fourth-order valence-corrected chi connectivity index (χ4v) is 4.12. The van der Waals surface area contributed by atoms with Gasteiger partial charge in [-0.25, -0.2) is 12.7 Å². The molecule has 0 fully saturated rings. The Labute approximate surface area is 156 Å². The van der Waals surface area contributed by atoms with Crippen LogP contribution in [0, 0.1) is 0 Å². The van der Waals surface area contributed by atoms with Gasteiger partial charge in [0.15, 0.2) is 0 Å². The molecule has 0 aliphatic carbocycles. The van der Waals surface area contributed by atoms with Gasteiger partial charge in [0.05, 0.1) is 9.23 Å². The average Bonchev–Trinajstić information content (AvgIpc) is 3.01. The number of methoxy groups -OCH3 is 1. The van der Waals surface area contributed by atoms with Gasteiger partial charge in [0, 0.05) is 38.2 Å². The number of sulfonamides is 1. The van der Waals surface area contributed by atoms with E-state index in [1.54, 1.807) is 13.2 Å². The fourth-order valence-electron chi connectivity index (χ4n) is 2.08. The molecule has 1 N–H and O–H groups in total. The Bertz CT molecular complexity index is 832. The predicted octanol–water partition coefficient (Wildman–Crippen LogP) is 2.77. The first kappa shape index (κ1) is 19.9. The smallest absolute Gasteiger partial charge is 0.251 e. The Kier molecular flexibility index (Phi) is 6.59. The zero-order valence-corrected chi connectivity index (χ0v) is 16.4. The monoisotopic (exact) mass is 402 g/mol. The molecule has 2 aromatic rings. The van der Waals surface area contributed by atoms with Crippen LogP contribution in [0.1, 0.15) is 21.3 Å². The van der Waals surface area contributed by atoms with Gasteiger partial charge in [-0.1, -0.05) is 11.6 Å². The van der Waals surface area contributed by atoms with Crippen LogP contribution < -0.4 is 5.32 Å². The van der Waals surface area contributed by atoms with E-state index in [0.29, 0.717) is 9.90 Å². The minimum atomic E-state index is -3.51. The quantitative estimate of drug-likeness (QED) is 0.772. The summed E-state index contributed by atoms with van der Waals surface area (Å²) < 4.78 is 31.2. The molecule has 6 nitrogen and oxygen atoms in total. The van der Waals surface area contributed by atoms with E-state index in [0.717, 1.165) is 9.18 Å². The van der Waals surface area contributed by atoms with Crippen LogP contribution in [0.5, 0.6) is 0 Å². The summed E-state index contributed by atoms with van der Waals surface area (Å²) in [5.41, 5.74) is 0.372. The van der Waals surface area contributed by atoms with Crippen LogP contribution in [0.4, 0.5) is 0 Å². The molecule has 0 saturated carbocycles. The van der Waals surface area contributed by atoms with Crippen LogP contribution in [0.3, 0.4) is 0 Å². The topological polar surface area (TPSA) is 75.7 Å². The first-order valence-corrected chi connectivity index (χ1v) is 9.98. The van der Waals surface area contributed by atoms with E-state index in [1.165, 1.54) is 49.7 Å². The third-order valence-electron chi connectivity index (χ3n) is 3.54. The van der Waals surface area contributed by atoms with Crippen LogP contribution in [-0.4, -0.2) is 46.4 Å². The van der Waals surface area contributed by atoms with Gasteiger partial charge in [0.1, 0.15) is 6.10 Å². The van der Waals surface area contributed by atoms with Crippen molar-refractivity contribution in [2.75, 3.05) is 27.7 Å². The molecule has 136 valence electrons. The lowest BCUT2D eigenvalue weighted by molar-refractivity contribution is 0.0837. The number of benzene rings is 1. The summed E-state index contributed by atoms with van der Waals surface area (Å²) in [6, 6.07) is 9.42. The molecule has 1 heterocycles. The van der Waals surface area contributed by atoms with Crippen molar-refractivity contribution >= 4 is 38.9 Å². The highest BCUT2D eigenvalue weighted by Gasteiger charge is 2.18. The summed E-state index contributed by atoms with van der Waals surface area (Å²) in [5, 5.41) is 2.78. The molecule has 1 aromatic heterocycles. The number of hydrogen-bond acceptors (Lipinski definition) is 5. The lowest BCUT2D eigenvalue weighted by atomic mass is 10.2. The molecule has 25 heavy (non-hydrogen) atoms. The van der Waals surface area contributed by atoms with Crippen molar-refractivity contribution in [1.82, 2.24) is 9.62 Å². The van der Waals surface area contributed by atoms with Gasteiger partial charge >= 0.3 is 0 Å². The molecular formula is C16H19ClN2O4S2. The van der Waals surface area contributed by atoms with E-state index in [4.69, 9.17) is 16.3 Å². The molecule has 0 radical (unpaired) electrons. The lowest BCUT2D eigenvalue weighted by Gasteiger charge is -2.15. The van der Waals surface area contributed by atoms with Gasteiger partial charge in [-0.3, -0.25) is 4.79 Å². The summed E-state index contributed by atoms with van der Waals surface area (Å²) in [6.45, 7) is 0.282. The van der Waals surface area contributed by atoms with E-state index in [-0.39, 0.29) is 23.5 Å². The normalized spacial score (nSPS) is 13.0. The van der Waals surface area contributed by atoms with Crippen molar-refractivity contribution < 1.29 is 17.9 Å². The zero-order valence-electron chi connectivity index (χ0n) is 14.0. The number of nitrogens with zero attached hydrogens (tertiary/aromatic N) is 1. The number of thiophene rings is 1. The fraction of sp³-hybridized carbons (Fsp3) is 0.312. The van der Waals surface area contributed by atoms with Gasteiger partial charge in [-0.15, -0.1) is 11.3 Å². The van der Waals surface area contributed by atoms with Crippen LogP contribution >= 0.6 is 22.9 Å². The minimum absolute atomic E-state index is 0.136. The second-order valence-corrected chi connectivity index (χ2v) is 9.29. The van der Waals surface area contributed by atoms with E-state index in [1.807, 2.05) is 6.07 Å². The summed E-state index contributed by atoms with van der Waals surface area (Å²) in [4.78, 5) is 13.3. The summed E-state index contributed by atoms with van der Waals surface area (Å²) in [6.07, 6.45) is -0.296. The van der Waals surface area contributed by atoms with Crippen LogP contribution in [-0.2, 0) is 14.8 Å². The molecule has 0 unspecified atom stereocenters. The average molecular weight is 403 g/mol. The van der Waals surface area contributed by atoms with Crippen LogP contribution in [0.2, 0.25) is 4.34 Å². The van der Waals surface area contributed by atoms with Crippen molar-refractivity contribution in [3.8, 4) is 0 Å². The van der Waals surface area contributed by atoms with E-state index in [2.05, 4.69) is 5.32 Å². The highest BCUT2D eigenvalue weighted by Crippen LogP contribution is 2.28. The second kappa shape index (κ2) is 8.29. The third-order valence-corrected chi connectivity index (χ3v) is 6.69. The molecule has 0 aliphatic rings. The van der Waals surface area contributed by atoms with Gasteiger partial charge in [0.25, 0.3) is 5.91 Å². The van der Waals surface area contributed by atoms with Crippen LogP contribution in [0.25, 0.3) is 0 Å². The number of ether oxygens (including phenoxy) is 1.